The van der Waals surface area contributed by atoms with Gasteiger partial charge < -0.3 is 5.32 Å². The summed E-state index contributed by atoms with van der Waals surface area (Å²) in [6.07, 6.45) is 0. The summed E-state index contributed by atoms with van der Waals surface area (Å²) in [5.41, 5.74) is 2.02. The number of hydrogen-bond donors (Lipinski definition) is 1. The van der Waals surface area contributed by atoms with Crippen molar-refractivity contribution in [1.82, 2.24) is 10.2 Å². The highest BCUT2D eigenvalue weighted by Gasteiger charge is 2.17. The van der Waals surface area contributed by atoms with Crippen LogP contribution in [-0.2, 0) is 6.54 Å². The smallest absolute Gasteiger partial charge is 0.0991 e. The van der Waals surface area contributed by atoms with Crippen molar-refractivity contribution in [2.24, 2.45) is 0 Å². The summed E-state index contributed by atoms with van der Waals surface area (Å²) in [7, 11) is 0. The molecule has 1 heterocycles. The van der Waals surface area contributed by atoms with Crippen molar-refractivity contribution >= 4 is 12.4 Å². The summed E-state index contributed by atoms with van der Waals surface area (Å²) in [6, 6.07) is 10.6. The molecule has 1 atom stereocenters. The number of benzene rings is 1. The lowest BCUT2D eigenvalue weighted by Gasteiger charge is -2.33. The number of nitrogens with one attached hydrogen (secondary N) is 1. The van der Waals surface area contributed by atoms with Gasteiger partial charge in [-0.1, -0.05) is 12.1 Å². The molecule has 0 aromatic heterocycles. The highest BCUT2D eigenvalue weighted by molar-refractivity contribution is 5.85. The zero-order chi connectivity index (χ0) is 11.4. The molecule has 0 spiro atoms. The second-order valence-electron chi connectivity index (χ2n) is 4.33. The van der Waals surface area contributed by atoms with Crippen LogP contribution in [-0.4, -0.2) is 30.6 Å². The van der Waals surface area contributed by atoms with Crippen molar-refractivity contribution in [3.05, 3.63) is 35.4 Å². The summed E-state index contributed by atoms with van der Waals surface area (Å²) < 4.78 is 0. The van der Waals surface area contributed by atoms with E-state index in [-0.39, 0.29) is 12.4 Å². The Morgan fingerprint density at radius 3 is 2.71 bits per heavy atom. The van der Waals surface area contributed by atoms with Gasteiger partial charge in [0.05, 0.1) is 11.6 Å². The van der Waals surface area contributed by atoms with Crippen LogP contribution in [0.4, 0.5) is 0 Å². The summed E-state index contributed by atoms with van der Waals surface area (Å²) in [4.78, 5) is 2.47. The largest absolute Gasteiger partial charge is 0.314 e. The topological polar surface area (TPSA) is 39.1 Å². The lowest BCUT2D eigenvalue weighted by molar-refractivity contribution is 0.165. The molecule has 1 aromatic carbocycles. The molecule has 1 saturated heterocycles. The fraction of sp³-hybridized carbons (Fsp3) is 0.462. The molecule has 92 valence electrons. The fourth-order valence-electron chi connectivity index (χ4n) is 2.04. The highest BCUT2D eigenvalue weighted by Crippen LogP contribution is 2.10. The third-order valence-corrected chi connectivity index (χ3v) is 3.11. The SMILES string of the molecule is CC1CNCCN1Cc1ccc(C#N)cc1.Cl. The molecule has 17 heavy (non-hydrogen) atoms. The predicted molar refractivity (Wildman–Crippen MR) is 71.1 cm³/mol. The van der Waals surface area contributed by atoms with E-state index in [1.807, 2.05) is 24.3 Å². The number of hydrogen-bond acceptors (Lipinski definition) is 3. The Labute approximate surface area is 109 Å². The molecule has 1 aromatic rings. The molecular formula is C13H18ClN3. The molecule has 1 unspecified atom stereocenters. The monoisotopic (exact) mass is 251 g/mol. The van der Waals surface area contributed by atoms with E-state index in [1.54, 1.807) is 0 Å². The zero-order valence-electron chi connectivity index (χ0n) is 10.0. The number of halogens is 1. The maximum absolute atomic E-state index is 8.72. The summed E-state index contributed by atoms with van der Waals surface area (Å²) >= 11 is 0. The van der Waals surface area contributed by atoms with Crippen LogP contribution in [0.1, 0.15) is 18.1 Å². The van der Waals surface area contributed by atoms with Crippen LogP contribution in [0.3, 0.4) is 0 Å². The molecular weight excluding hydrogens is 234 g/mol. The van der Waals surface area contributed by atoms with Crippen LogP contribution in [0.25, 0.3) is 0 Å². The maximum atomic E-state index is 8.72. The van der Waals surface area contributed by atoms with Crippen LogP contribution in [0, 0.1) is 11.3 Å². The van der Waals surface area contributed by atoms with Gasteiger partial charge in [-0.15, -0.1) is 12.4 Å². The second kappa shape index (κ2) is 6.61. The summed E-state index contributed by atoms with van der Waals surface area (Å²) in [6.45, 7) is 6.46. The third-order valence-electron chi connectivity index (χ3n) is 3.11. The van der Waals surface area contributed by atoms with Crippen molar-refractivity contribution in [2.75, 3.05) is 19.6 Å². The van der Waals surface area contributed by atoms with Gasteiger partial charge in [0.15, 0.2) is 0 Å². The Balaban J connectivity index is 0.00000144. The predicted octanol–water partition coefficient (Wildman–Crippen LogP) is 1.77. The minimum absolute atomic E-state index is 0. The lowest BCUT2D eigenvalue weighted by Crippen LogP contribution is -2.49. The van der Waals surface area contributed by atoms with E-state index in [0.29, 0.717) is 6.04 Å². The first-order chi connectivity index (χ1) is 7.79. The molecule has 1 fully saturated rings. The van der Waals surface area contributed by atoms with Crippen LogP contribution >= 0.6 is 12.4 Å². The van der Waals surface area contributed by atoms with Crippen molar-refractivity contribution in [1.29, 1.82) is 5.26 Å². The minimum Gasteiger partial charge on any atom is -0.314 e. The molecule has 3 nitrogen and oxygen atoms in total. The van der Waals surface area contributed by atoms with Gasteiger partial charge in [0.25, 0.3) is 0 Å². The van der Waals surface area contributed by atoms with E-state index in [9.17, 15) is 0 Å². The molecule has 0 aliphatic carbocycles. The van der Waals surface area contributed by atoms with Gasteiger partial charge in [0.2, 0.25) is 0 Å². The van der Waals surface area contributed by atoms with Gasteiger partial charge in [-0.2, -0.15) is 5.26 Å². The normalized spacial score (nSPS) is 20.4. The third kappa shape index (κ3) is 3.71. The molecule has 1 N–H and O–H groups in total. The molecule has 4 heteroatoms. The lowest BCUT2D eigenvalue weighted by atomic mass is 10.1. The Morgan fingerprint density at radius 2 is 2.12 bits per heavy atom. The number of rotatable bonds is 2. The number of nitrogens with zero attached hydrogens (tertiary/aromatic N) is 2. The molecule has 1 aliphatic rings. The van der Waals surface area contributed by atoms with E-state index < -0.39 is 0 Å². The molecule has 0 amide bonds. The van der Waals surface area contributed by atoms with Gasteiger partial charge in [-0.3, -0.25) is 4.90 Å². The molecule has 2 rings (SSSR count). The summed E-state index contributed by atoms with van der Waals surface area (Å²) in [5, 5.41) is 12.1. The highest BCUT2D eigenvalue weighted by atomic mass is 35.5. The van der Waals surface area contributed by atoms with Crippen molar-refractivity contribution < 1.29 is 0 Å². The molecule has 0 bridgehead atoms. The fourth-order valence-corrected chi connectivity index (χ4v) is 2.04. The first-order valence-electron chi connectivity index (χ1n) is 5.73. The van der Waals surface area contributed by atoms with Crippen molar-refractivity contribution in [3.8, 4) is 6.07 Å². The van der Waals surface area contributed by atoms with E-state index in [0.717, 1.165) is 31.7 Å². The number of nitriles is 1. The van der Waals surface area contributed by atoms with Gasteiger partial charge in [-0.05, 0) is 24.6 Å². The Hall–Kier alpha value is -1.08. The first-order valence-corrected chi connectivity index (χ1v) is 5.73. The van der Waals surface area contributed by atoms with Gasteiger partial charge in [0, 0.05) is 32.2 Å². The number of piperazine rings is 1. The Kier molecular flexibility index (Phi) is 5.43. The van der Waals surface area contributed by atoms with E-state index in [1.165, 1.54) is 5.56 Å². The van der Waals surface area contributed by atoms with Crippen LogP contribution in [0.5, 0.6) is 0 Å². The summed E-state index contributed by atoms with van der Waals surface area (Å²) in [5.74, 6) is 0. The van der Waals surface area contributed by atoms with Crippen LogP contribution in [0.15, 0.2) is 24.3 Å². The van der Waals surface area contributed by atoms with Crippen LogP contribution in [0.2, 0.25) is 0 Å². The average Bonchev–Trinajstić information content (AvgIpc) is 2.33. The minimum atomic E-state index is 0. The Morgan fingerprint density at radius 1 is 1.41 bits per heavy atom. The van der Waals surface area contributed by atoms with E-state index in [4.69, 9.17) is 5.26 Å². The van der Waals surface area contributed by atoms with Crippen LogP contribution < -0.4 is 5.32 Å². The second-order valence-corrected chi connectivity index (χ2v) is 4.33. The van der Waals surface area contributed by atoms with Crippen molar-refractivity contribution in [2.45, 2.75) is 19.5 Å². The standard InChI is InChI=1S/C13H17N3.ClH/c1-11-9-15-6-7-16(11)10-13-4-2-12(8-14)3-5-13;/h2-5,11,15H,6-7,9-10H2,1H3;1H. The first kappa shape index (κ1) is 14.0. The van der Waals surface area contributed by atoms with Gasteiger partial charge >= 0.3 is 0 Å². The van der Waals surface area contributed by atoms with E-state index >= 15 is 0 Å². The maximum Gasteiger partial charge on any atom is 0.0991 e. The Bertz CT molecular complexity index is 383. The zero-order valence-corrected chi connectivity index (χ0v) is 10.8. The van der Waals surface area contributed by atoms with Gasteiger partial charge in [-0.25, -0.2) is 0 Å². The molecule has 0 radical (unpaired) electrons. The molecule has 0 saturated carbocycles. The molecule has 1 aliphatic heterocycles. The average molecular weight is 252 g/mol. The quantitative estimate of drug-likeness (QED) is 0.871. The van der Waals surface area contributed by atoms with Crippen molar-refractivity contribution in [3.63, 3.8) is 0 Å². The van der Waals surface area contributed by atoms with E-state index in [2.05, 4.69) is 23.2 Å². The van der Waals surface area contributed by atoms with Gasteiger partial charge in [0.1, 0.15) is 0 Å².